The van der Waals surface area contributed by atoms with Crippen molar-refractivity contribution in [3.05, 3.63) is 71.7 Å². The van der Waals surface area contributed by atoms with Crippen LogP contribution in [-0.4, -0.2) is 43.5 Å². The lowest BCUT2D eigenvalue weighted by atomic mass is 10.1. The van der Waals surface area contributed by atoms with Crippen LogP contribution in [-0.2, 0) is 6.42 Å². The summed E-state index contributed by atoms with van der Waals surface area (Å²) in [6, 6.07) is 13.9. The van der Waals surface area contributed by atoms with E-state index < -0.39 is 0 Å². The lowest BCUT2D eigenvalue weighted by molar-refractivity contribution is 0.0953. The van der Waals surface area contributed by atoms with Crippen molar-refractivity contribution < 1.29 is 9.18 Å². The van der Waals surface area contributed by atoms with Gasteiger partial charge >= 0.3 is 0 Å². The summed E-state index contributed by atoms with van der Waals surface area (Å²) in [4.78, 5) is 19.3. The second-order valence-electron chi connectivity index (χ2n) is 6.66. The van der Waals surface area contributed by atoms with Crippen LogP contribution in [0.25, 0.3) is 10.9 Å². The molecule has 3 rings (SSSR count). The summed E-state index contributed by atoms with van der Waals surface area (Å²) < 4.78 is 13.5. The first-order chi connectivity index (χ1) is 14.2. The Labute approximate surface area is 192 Å². The number of nitrogens with one attached hydrogen (secondary N) is 4. The molecular formula is C22H27FIN5O. The highest BCUT2D eigenvalue weighted by atomic mass is 127. The van der Waals surface area contributed by atoms with Crippen molar-refractivity contribution in [2.24, 2.45) is 4.99 Å². The standard InChI is InChI=1S/C22H26FN5O.HI/c1-24-22(26-12-5-11-25-21(29)16-6-3-2-4-7-16)27-13-10-17-15-28-20-9-8-18(23)14-19(17)20;/h2-4,6-9,14-15,28H,5,10-13H2,1H3,(H,25,29)(H2,24,26,27);1H. The average molecular weight is 523 g/mol. The number of benzene rings is 2. The average Bonchev–Trinajstić information content (AvgIpc) is 3.14. The van der Waals surface area contributed by atoms with E-state index in [1.54, 1.807) is 31.3 Å². The number of H-pyrrole nitrogens is 1. The molecule has 0 bridgehead atoms. The van der Waals surface area contributed by atoms with Gasteiger partial charge in [-0.15, -0.1) is 24.0 Å². The maximum Gasteiger partial charge on any atom is 0.251 e. The fourth-order valence-corrected chi connectivity index (χ4v) is 3.08. The van der Waals surface area contributed by atoms with Gasteiger partial charge in [0.1, 0.15) is 5.82 Å². The van der Waals surface area contributed by atoms with Gasteiger partial charge in [0.2, 0.25) is 0 Å². The van der Waals surface area contributed by atoms with Gasteiger partial charge in [-0.2, -0.15) is 0 Å². The number of nitrogens with zero attached hydrogens (tertiary/aromatic N) is 1. The van der Waals surface area contributed by atoms with Gasteiger partial charge in [-0.05, 0) is 48.7 Å². The molecule has 1 amide bonds. The monoisotopic (exact) mass is 523 g/mol. The first-order valence-corrected chi connectivity index (χ1v) is 9.70. The summed E-state index contributed by atoms with van der Waals surface area (Å²) in [5.74, 6) is 0.400. The first-order valence-electron chi connectivity index (χ1n) is 9.70. The second-order valence-corrected chi connectivity index (χ2v) is 6.66. The van der Waals surface area contributed by atoms with Crippen molar-refractivity contribution in [1.82, 2.24) is 20.9 Å². The summed E-state index contributed by atoms with van der Waals surface area (Å²) in [5, 5.41) is 10.3. The molecule has 30 heavy (non-hydrogen) atoms. The van der Waals surface area contributed by atoms with Crippen LogP contribution in [0.2, 0.25) is 0 Å². The molecular weight excluding hydrogens is 496 g/mol. The molecule has 0 saturated heterocycles. The maximum atomic E-state index is 13.5. The normalized spacial score (nSPS) is 11.1. The molecule has 6 nitrogen and oxygen atoms in total. The summed E-state index contributed by atoms with van der Waals surface area (Å²) in [6.45, 7) is 1.94. The Bertz CT molecular complexity index is 974. The number of fused-ring (bicyclic) bond motifs is 1. The highest BCUT2D eigenvalue weighted by Crippen LogP contribution is 2.19. The number of aliphatic imine (C=N–C) groups is 1. The Morgan fingerprint density at radius 1 is 1.03 bits per heavy atom. The van der Waals surface area contributed by atoms with E-state index in [0.717, 1.165) is 29.3 Å². The number of halogens is 2. The Morgan fingerprint density at radius 2 is 1.77 bits per heavy atom. The van der Waals surface area contributed by atoms with Gasteiger partial charge in [0.15, 0.2) is 5.96 Å². The quantitative estimate of drug-likeness (QED) is 0.158. The molecule has 4 N–H and O–H groups in total. The third kappa shape index (κ3) is 6.72. The lowest BCUT2D eigenvalue weighted by Crippen LogP contribution is -2.39. The SMILES string of the molecule is CN=C(NCCCNC(=O)c1ccccc1)NCCc1c[nH]c2ccc(F)cc12.I. The molecule has 0 unspecified atom stereocenters. The summed E-state index contributed by atoms with van der Waals surface area (Å²) >= 11 is 0. The van der Waals surface area contributed by atoms with E-state index >= 15 is 0 Å². The van der Waals surface area contributed by atoms with Crippen LogP contribution in [0.5, 0.6) is 0 Å². The van der Waals surface area contributed by atoms with Gasteiger partial charge in [-0.1, -0.05) is 18.2 Å². The van der Waals surface area contributed by atoms with E-state index in [2.05, 4.69) is 25.9 Å². The van der Waals surface area contributed by atoms with Crippen molar-refractivity contribution in [2.45, 2.75) is 12.8 Å². The molecule has 0 fully saturated rings. The van der Waals surface area contributed by atoms with E-state index in [4.69, 9.17) is 0 Å². The maximum absolute atomic E-state index is 13.5. The molecule has 0 radical (unpaired) electrons. The fraction of sp³-hybridized carbons (Fsp3) is 0.273. The number of carbonyl (C=O) groups is 1. The third-order valence-corrected chi connectivity index (χ3v) is 4.61. The zero-order valence-electron chi connectivity index (χ0n) is 16.9. The van der Waals surface area contributed by atoms with Crippen LogP contribution in [0.3, 0.4) is 0 Å². The molecule has 8 heteroatoms. The molecule has 0 aliphatic heterocycles. The Morgan fingerprint density at radius 3 is 2.53 bits per heavy atom. The number of amides is 1. The number of rotatable bonds is 8. The van der Waals surface area contributed by atoms with Crippen LogP contribution in [0.4, 0.5) is 4.39 Å². The number of hydrogen-bond acceptors (Lipinski definition) is 2. The van der Waals surface area contributed by atoms with E-state index in [1.807, 2.05) is 24.4 Å². The molecule has 1 heterocycles. The minimum Gasteiger partial charge on any atom is -0.361 e. The molecule has 3 aromatic rings. The molecule has 0 aliphatic rings. The van der Waals surface area contributed by atoms with E-state index in [-0.39, 0.29) is 35.7 Å². The van der Waals surface area contributed by atoms with Crippen molar-refractivity contribution in [3.8, 4) is 0 Å². The molecule has 0 aliphatic carbocycles. The van der Waals surface area contributed by atoms with Gasteiger partial charge in [0, 0.05) is 49.3 Å². The summed E-state index contributed by atoms with van der Waals surface area (Å²) in [5.41, 5.74) is 2.66. The molecule has 0 atom stereocenters. The van der Waals surface area contributed by atoms with Crippen LogP contribution in [0.15, 0.2) is 59.7 Å². The van der Waals surface area contributed by atoms with Crippen molar-refractivity contribution in [3.63, 3.8) is 0 Å². The van der Waals surface area contributed by atoms with Gasteiger partial charge in [0.25, 0.3) is 5.91 Å². The highest BCUT2D eigenvalue weighted by Gasteiger charge is 2.06. The number of hydrogen-bond donors (Lipinski definition) is 4. The zero-order valence-corrected chi connectivity index (χ0v) is 19.2. The largest absolute Gasteiger partial charge is 0.361 e. The number of aromatic amines is 1. The number of aromatic nitrogens is 1. The van der Waals surface area contributed by atoms with Gasteiger partial charge in [0.05, 0.1) is 0 Å². The molecule has 1 aromatic heterocycles. The van der Waals surface area contributed by atoms with Crippen molar-refractivity contribution in [1.29, 1.82) is 0 Å². The number of guanidine groups is 1. The van der Waals surface area contributed by atoms with Gasteiger partial charge in [-0.3, -0.25) is 9.79 Å². The Balaban J connectivity index is 0.00000320. The molecule has 0 spiro atoms. The van der Waals surface area contributed by atoms with Crippen LogP contribution < -0.4 is 16.0 Å². The van der Waals surface area contributed by atoms with E-state index in [0.29, 0.717) is 31.2 Å². The lowest BCUT2D eigenvalue weighted by Gasteiger charge is -2.12. The first kappa shape index (κ1) is 23.7. The third-order valence-electron chi connectivity index (χ3n) is 4.61. The van der Waals surface area contributed by atoms with Crippen LogP contribution >= 0.6 is 24.0 Å². The molecule has 160 valence electrons. The topological polar surface area (TPSA) is 81.3 Å². The Kier molecular flexibility index (Phi) is 9.59. The Hall–Kier alpha value is -2.62. The zero-order chi connectivity index (χ0) is 20.5. The second kappa shape index (κ2) is 12.2. The predicted octanol–water partition coefficient (Wildman–Crippen LogP) is 3.45. The van der Waals surface area contributed by atoms with Crippen molar-refractivity contribution in [2.75, 3.05) is 26.7 Å². The van der Waals surface area contributed by atoms with E-state index in [1.165, 1.54) is 6.07 Å². The molecule has 2 aromatic carbocycles. The molecule has 0 saturated carbocycles. The summed E-state index contributed by atoms with van der Waals surface area (Å²) in [7, 11) is 1.72. The smallest absolute Gasteiger partial charge is 0.251 e. The minimum absolute atomic E-state index is 0. The summed E-state index contributed by atoms with van der Waals surface area (Å²) in [6.07, 6.45) is 3.44. The fourth-order valence-electron chi connectivity index (χ4n) is 3.08. The van der Waals surface area contributed by atoms with Crippen LogP contribution in [0, 0.1) is 5.82 Å². The minimum atomic E-state index is -0.233. The predicted molar refractivity (Wildman–Crippen MR) is 130 cm³/mol. The van der Waals surface area contributed by atoms with E-state index in [9.17, 15) is 9.18 Å². The van der Waals surface area contributed by atoms with Crippen LogP contribution in [0.1, 0.15) is 22.3 Å². The van der Waals surface area contributed by atoms with Crippen molar-refractivity contribution >= 4 is 46.7 Å². The highest BCUT2D eigenvalue weighted by molar-refractivity contribution is 14.0. The van der Waals surface area contributed by atoms with Gasteiger partial charge in [-0.25, -0.2) is 4.39 Å². The number of carbonyl (C=O) groups excluding carboxylic acids is 1. The van der Waals surface area contributed by atoms with Gasteiger partial charge < -0.3 is 20.9 Å².